The van der Waals surface area contributed by atoms with Crippen molar-refractivity contribution in [3.8, 4) is 0 Å². The van der Waals surface area contributed by atoms with Gasteiger partial charge in [-0.2, -0.15) is 0 Å². The zero-order valence-electron chi connectivity index (χ0n) is 23.6. The molecule has 3 fully saturated rings. The van der Waals surface area contributed by atoms with E-state index in [1.165, 1.54) is 51.4 Å². The molecule has 0 unspecified atom stereocenters. The highest BCUT2D eigenvalue weighted by Gasteiger charge is 2.43. The molecule has 1 amide bonds. The van der Waals surface area contributed by atoms with Gasteiger partial charge < -0.3 is 9.80 Å². The summed E-state index contributed by atoms with van der Waals surface area (Å²) in [4.78, 5) is 24.0. The third-order valence-electron chi connectivity index (χ3n) is 9.16. The maximum absolute atomic E-state index is 13.4. The number of nitrogens with zero attached hydrogens (tertiary/aromatic N) is 4. The Kier molecular flexibility index (Phi) is 10.2. The number of rotatable bonds is 12. The van der Waals surface area contributed by atoms with E-state index in [-0.39, 0.29) is 19.0 Å². The Morgan fingerprint density at radius 2 is 1.74 bits per heavy atom. The second-order valence-corrected chi connectivity index (χ2v) is 11.9. The second kappa shape index (κ2) is 13.4. The largest absolute Gasteiger partial charge is 0.369 e. The van der Waals surface area contributed by atoms with Crippen LogP contribution in [-0.2, 0) is 11.3 Å². The molecule has 2 aliphatic carbocycles. The summed E-state index contributed by atoms with van der Waals surface area (Å²) in [6.45, 7) is 10.6. The van der Waals surface area contributed by atoms with Crippen molar-refractivity contribution < 1.29 is 13.6 Å². The van der Waals surface area contributed by atoms with Crippen molar-refractivity contribution in [1.29, 1.82) is 0 Å². The molecule has 1 saturated heterocycles. The van der Waals surface area contributed by atoms with Crippen LogP contribution >= 0.6 is 0 Å². The van der Waals surface area contributed by atoms with Crippen molar-refractivity contribution in [1.82, 2.24) is 9.80 Å². The van der Waals surface area contributed by atoms with E-state index >= 15 is 0 Å². The van der Waals surface area contributed by atoms with Crippen LogP contribution in [0.25, 0.3) is 0 Å². The van der Waals surface area contributed by atoms with Crippen LogP contribution in [0.5, 0.6) is 0 Å². The minimum absolute atomic E-state index is 0.184. The molecule has 0 radical (unpaired) electrons. The average Bonchev–Trinajstić information content (AvgIpc) is 2.91. The predicted molar refractivity (Wildman–Crippen MR) is 153 cm³/mol. The van der Waals surface area contributed by atoms with Gasteiger partial charge in [-0.1, -0.05) is 51.5 Å². The number of alkyl halides is 2. The molecule has 3 aliphatic rings. The number of hydrogen-bond donors (Lipinski definition) is 0. The molecule has 1 aromatic rings. The molecule has 1 heterocycles. The van der Waals surface area contributed by atoms with Crippen LogP contribution in [0.15, 0.2) is 23.2 Å². The molecule has 0 aromatic heterocycles. The summed E-state index contributed by atoms with van der Waals surface area (Å²) in [6, 6.07) is 6.41. The molecule has 7 heteroatoms. The van der Waals surface area contributed by atoms with E-state index in [9.17, 15) is 13.6 Å². The van der Waals surface area contributed by atoms with E-state index < -0.39 is 5.92 Å². The maximum atomic E-state index is 13.4. The van der Waals surface area contributed by atoms with Crippen molar-refractivity contribution in [2.45, 2.75) is 103 Å². The van der Waals surface area contributed by atoms with Gasteiger partial charge in [0.2, 0.25) is 5.91 Å². The molecule has 38 heavy (non-hydrogen) atoms. The van der Waals surface area contributed by atoms with Crippen molar-refractivity contribution in [2.24, 2.45) is 16.8 Å². The molecule has 212 valence electrons. The number of halogens is 2. The summed E-state index contributed by atoms with van der Waals surface area (Å²) in [5.41, 5.74) is 2.79. The molecular weight excluding hydrogens is 482 g/mol. The first kappa shape index (κ1) is 29.0. The highest BCUT2D eigenvalue weighted by atomic mass is 19.3. The summed E-state index contributed by atoms with van der Waals surface area (Å²) in [6.07, 6.45) is 12.6. The van der Waals surface area contributed by atoms with E-state index in [0.29, 0.717) is 31.5 Å². The number of likely N-dealkylation sites (tertiary alicyclic amines) is 1. The SMILES string of the molecule is C=Nc1ccc(CN2CC(F)(F)C2)cc1N(CCC(=O)N(CC)C1CCCCC1)CC1CCC(CC)CC1. The Morgan fingerprint density at radius 1 is 1.05 bits per heavy atom. The lowest BCUT2D eigenvalue weighted by Gasteiger charge is -2.39. The minimum atomic E-state index is -2.57. The fourth-order valence-corrected chi connectivity index (χ4v) is 6.88. The average molecular weight is 531 g/mol. The predicted octanol–water partition coefficient (Wildman–Crippen LogP) is 7.06. The summed E-state index contributed by atoms with van der Waals surface area (Å²) >= 11 is 0. The van der Waals surface area contributed by atoms with E-state index in [4.69, 9.17) is 0 Å². The number of aliphatic imine (C=N–C) groups is 1. The Morgan fingerprint density at radius 3 is 2.34 bits per heavy atom. The summed E-state index contributed by atoms with van der Waals surface area (Å²) in [7, 11) is 0. The molecule has 1 aliphatic heterocycles. The fourth-order valence-electron chi connectivity index (χ4n) is 6.88. The van der Waals surface area contributed by atoms with E-state index in [1.807, 2.05) is 12.1 Å². The first-order valence-corrected chi connectivity index (χ1v) is 15.1. The lowest BCUT2D eigenvalue weighted by atomic mass is 9.80. The van der Waals surface area contributed by atoms with E-state index in [2.05, 4.69) is 41.4 Å². The summed E-state index contributed by atoms with van der Waals surface area (Å²) in [5.74, 6) is -0.910. The van der Waals surface area contributed by atoms with Crippen LogP contribution < -0.4 is 4.90 Å². The number of amides is 1. The molecule has 0 atom stereocenters. The number of carbonyl (C=O) groups excluding carboxylic acids is 1. The third kappa shape index (κ3) is 7.55. The van der Waals surface area contributed by atoms with Gasteiger partial charge in [0.25, 0.3) is 5.92 Å². The van der Waals surface area contributed by atoms with Crippen LogP contribution in [0.2, 0.25) is 0 Å². The Balaban J connectivity index is 1.49. The van der Waals surface area contributed by atoms with Gasteiger partial charge in [0.15, 0.2) is 0 Å². The Hall–Kier alpha value is -2.02. The van der Waals surface area contributed by atoms with Gasteiger partial charge in [0.1, 0.15) is 0 Å². The molecule has 0 spiro atoms. The van der Waals surface area contributed by atoms with Crippen molar-refractivity contribution >= 4 is 24.0 Å². The van der Waals surface area contributed by atoms with Gasteiger partial charge in [-0.05, 0) is 68.9 Å². The number of anilines is 1. The van der Waals surface area contributed by atoms with Gasteiger partial charge in [-0.3, -0.25) is 14.7 Å². The third-order valence-corrected chi connectivity index (χ3v) is 9.16. The zero-order valence-corrected chi connectivity index (χ0v) is 23.6. The van der Waals surface area contributed by atoms with E-state index in [1.54, 1.807) is 4.90 Å². The topological polar surface area (TPSA) is 39.1 Å². The highest BCUT2D eigenvalue weighted by molar-refractivity contribution is 5.78. The van der Waals surface area contributed by atoms with Gasteiger partial charge in [-0.25, -0.2) is 8.78 Å². The summed E-state index contributed by atoms with van der Waals surface area (Å²) in [5, 5.41) is 0. The minimum Gasteiger partial charge on any atom is -0.369 e. The monoisotopic (exact) mass is 530 g/mol. The quantitative estimate of drug-likeness (QED) is 0.272. The standard InChI is InChI=1S/C31H48F2N4O/c1-4-24-11-13-25(14-12-24)21-36(18-17-30(38)37(5-2)27-9-7-6-8-10-27)29-19-26(15-16-28(29)34-3)20-35-22-31(32,33)23-35/h15-16,19,24-25,27H,3-14,17-18,20-23H2,1-2H3. The zero-order chi connectivity index (χ0) is 27.1. The maximum Gasteiger partial charge on any atom is 0.272 e. The number of carbonyl (C=O) groups is 1. The molecule has 4 rings (SSSR count). The smallest absolute Gasteiger partial charge is 0.272 e. The Bertz CT molecular complexity index is 916. The molecule has 2 saturated carbocycles. The lowest BCUT2D eigenvalue weighted by molar-refractivity contribution is -0.134. The van der Waals surface area contributed by atoms with Crippen molar-refractivity contribution in [3.05, 3.63) is 23.8 Å². The van der Waals surface area contributed by atoms with Crippen molar-refractivity contribution in [2.75, 3.05) is 37.6 Å². The fraction of sp³-hybridized carbons (Fsp3) is 0.742. The van der Waals surface area contributed by atoms with Gasteiger partial charge in [0.05, 0.1) is 24.5 Å². The molecule has 0 bridgehead atoms. The van der Waals surface area contributed by atoms with Crippen LogP contribution in [0.4, 0.5) is 20.2 Å². The van der Waals surface area contributed by atoms with Gasteiger partial charge in [0, 0.05) is 38.6 Å². The lowest BCUT2D eigenvalue weighted by Crippen LogP contribution is -2.55. The highest BCUT2D eigenvalue weighted by Crippen LogP contribution is 2.36. The van der Waals surface area contributed by atoms with Crippen LogP contribution in [0.3, 0.4) is 0 Å². The van der Waals surface area contributed by atoms with Crippen LogP contribution in [0.1, 0.15) is 90.0 Å². The molecular formula is C31H48F2N4O. The summed E-state index contributed by atoms with van der Waals surface area (Å²) < 4.78 is 26.9. The van der Waals surface area contributed by atoms with Gasteiger partial charge >= 0.3 is 0 Å². The Labute approximate surface area is 228 Å². The van der Waals surface area contributed by atoms with Crippen LogP contribution in [-0.4, -0.2) is 67.1 Å². The first-order chi connectivity index (χ1) is 18.3. The van der Waals surface area contributed by atoms with Gasteiger partial charge in [-0.15, -0.1) is 0 Å². The number of hydrogen-bond acceptors (Lipinski definition) is 4. The molecule has 5 nitrogen and oxygen atoms in total. The second-order valence-electron chi connectivity index (χ2n) is 11.9. The molecule has 1 aromatic carbocycles. The molecule has 0 N–H and O–H groups in total. The van der Waals surface area contributed by atoms with E-state index in [0.717, 1.165) is 48.8 Å². The normalized spacial score (nSPS) is 24.0. The van der Waals surface area contributed by atoms with Crippen molar-refractivity contribution in [3.63, 3.8) is 0 Å². The first-order valence-electron chi connectivity index (χ1n) is 15.1. The number of benzene rings is 1. The van der Waals surface area contributed by atoms with Crippen LogP contribution in [0, 0.1) is 11.8 Å².